The molecule has 0 saturated heterocycles. The maximum Gasteiger partial charge on any atom is 0.338 e. The number of carboxylic acid groups (broad SMARTS) is 1. The number of hydrogen-bond acceptors (Lipinski definition) is 8. The van der Waals surface area contributed by atoms with Gasteiger partial charge in [0, 0.05) is 36.1 Å². The van der Waals surface area contributed by atoms with Crippen molar-refractivity contribution < 1.29 is 23.1 Å². The summed E-state index contributed by atoms with van der Waals surface area (Å²) in [6.45, 7) is 4.13. The van der Waals surface area contributed by atoms with Crippen molar-refractivity contribution in [3.63, 3.8) is 0 Å². The molecule has 0 spiro atoms. The molecule has 0 unspecified atom stereocenters. The maximum absolute atomic E-state index is 13.2. The number of aromatic nitrogens is 4. The quantitative estimate of drug-likeness (QED) is 0.164. The number of nitrogen functional groups attached to an aromatic ring is 1. The van der Waals surface area contributed by atoms with Gasteiger partial charge in [0.1, 0.15) is 5.75 Å². The number of anilines is 1. The molecule has 3 heterocycles. The predicted octanol–water partition coefficient (Wildman–Crippen LogP) is 5.79. The third-order valence-electron chi connectivity index (χ3n) is 7.49. The van der Waals surface area contributed by atoms with Crippen molar-refractivity contribution in [1.82, 2.24) is 23.6 Å². The first-order chi connectivity index (χ1) is 23.0. The van der Waals surface area contributed by atoms with Gasteiger partial charge in [-0.25, -0.2) is 22.2 Å². The average molecular weight is 667 g/mol. The number of carbonyl (C=O) groups is 1. The van der Waals surface area contributed by atoms with E-state index in [2.05, 4.69) is 15.0 Å². The zero-order valence-corrected chi connectivity index (χ0v) is 27.8. The minimum Gasteiger partial charge on any atom is -0.494 e. The van der Waals surface area contributed by atoms with E-state index in [1.54, 1.807) is 35.1 Å². The fourth-order valence-electron chi connectivity index (χ4n) is 4.91. The Balaban J connectivity index is 0.000000250. The number of rotatable bonds is 11. The molecule has 248 valence electrons. The second kappa shape index (κ2) is 15.0. The van der Waals surface area contributed by atoms with E-state index in [0.717, 1.165) is 44.9 Å². The molecule has 3 N–H and O–H groups in total. The number of nitrogens with zero attached hydrogens (tertiary/aromatic N) is 5. The van der Waals surface area contributed by atoms with Gasteiger partial charge in [-0.2, -0.15) is 5.10 Å². The molecule has 0 aliphatic carbocycles. The molecular formula is C36H38N6O5S. The van der Waals surface area contributed by atoms with Gasteiger partial charge in [-0.3, -0.25) is 4.68 Å². The van der Waals surface area contributed by atoms with Crippen molar-refractivity contribution in [1.29, 1.82) is 0 Å². The Kier molecular flexibility index (Phi) is 10.6. The Morgan fingerprint density at radius 2 is 1.65 bits per heavy atom. The molecule has 6 rings (SSSR count). The first kappa shape index (κ1) is 33.9. The molecule has 48 heavy (non-hydrogen) atoms. The van der Waals surface area contributed by atoms with Crippen molar-refractivity contribution in [2.45, 2.75) is 24.8 Å². The summed E-state index contributed by atoms with van der Waals surface area (Å²) in [5.74, 6) is -0.143. The highest BCUT2D eigenvalue weighted by atomic mass is 32.2. The predicted molar refractivity (Wildman–Crippen MR) is 187 cm³/mol. The summed E-state index contributed by atoms with van der Waals surface area (Å²) in [4.78, 5) is 17.4. The van der Waals surface area contributed by atoms with Crippen molar-refractivity contribution in [2.75, 3.05) is 33.0 Å². The molecule has 0 bridgehead atoms. The van der Waals surface area contributed by atoms with Crippen LogP contribution in [0.25, 0.3) is 22.2 Å². The number of ether oxygens (including phenoxy) is 1. The van der Waals surface area contributed by atoms with Crippen LogP contribution in [0.3, 0.4) is 0 Å². The minimum absolute atomic E-state index is 0.192. The standard InChI is InChI=1S/C25H28N4O3S.C11H10N2O2/c1-18-5-11-22(12-6-18)33(30,31)29-17-24(26)23-15-20(16-27-25(23)29)19-7-9-21(10-8-19)32-14-4-13-28(2)3;14-11(15)10-6-12-13(8-10)7-9-4-2-1-3-5-9/h5-12,15-17H,4,13-14,26H2,1-3H3;1-6,8H,7H2,(H,14,15). The first-order valence-corrected chi connectivity index (χ1v) is 16.7. The van der Waals surface area contributed by atoms with Crippen LogP contribution in [0.1, 0.15) is 27.9 Å². The molecule has 6 aromatic rings. The van der Waals surface area contributed by atoms with Crippen LogP contribution in [-0.4, -0.2) is 70.4 Å². The second-order valence-corrected chi connectivity index (χ2v) is 13.4. The van der Waals surface area contributed by atoms with Crippen LogP contribution in [0.4, 0.5) is 5.69 Å². The lowest BCUT2D eigenvalue weighted by Gasteiger charge is -2.11. The van der Waals surface area contributed by atoms with Crippen LogP contribution < -0.4 is 10.5 Å². The Hall–Kier alpha value is -5.46. The van der Waals surface area contributed by atoms with Crippen molar-refractivity contribution in [2.24, 2.45) is 0 Å². The number of fused-ring (bicyclic) bond motifs is 1. The molecule has 0 aliphatic rings. The van der Waals surface area contributed by atoms with Crippen molar-refractivity contribution in [3.8, 4) is 16.9 Å². The SMILES string of the molecule is Cc1ccc(S(=O)(=O)n2cc(N)c3cc(-c4ccc(OCCCN(C)C)cc4)cnc32)cc1.O=C(O)c1cnn(Cc2ccccc2)c1. The third kappa shape index (κ3) is 8.27. The van der Waals surface area contributed by atoms with Gasteiger partial charge in [0.25, 0.3) is 10.0 Å². The maximum atomic E-state index is 13.2. The number of aryl methyl sites for hydroxylation is 1. The smallest absolute Gasteiger partial charge is 0.338 e. The highest BCUT2D eigenvalue weighted by molar-refractivity contribution is 7.90. The largest absolute Gasteiger partial charge is 0.494 e. The van der Waals surface area contributed by atoms with Gasteiger partial charge in [-0.15, -0.1) is 0 Å². The zero-order valence-electron chi connectivity index (χ0n) is 27.0. The van der Waals surface area contributed by atoms with E-state index in [4.69, 9.17) is 15.6 Å². The first-order valence-electron chi connectivity index (χ1n) is 15.3. The van der Waals surface area contributed by atoms with E-state index in [9.17, 15) is 13.2 Å². The average Bonchev–Trinajstić information content (AvgIpc) is 3.69. The Morgan fingerprint density at radius 3 is 2.29 bits per heavy atom. The lowest BCUT2D eigenvalue weighted by Crippen LogP contribution is -2.15. The molecule has 11 nitrogen and oxygen atoms in total. The van der Waals surface area contributed by atoms with Gasteiger partial charge in [-0.1, -0.05) is 60.2 Å². The lowest BCUT2D eigenvalue weighted by molar-refractivity contribution is 0.0696. The van der Waals surface area contributed by atoms with Crippen molar-refractivity contribution in [3.05, 3.63) is 126 Å². The monoisotopic (exact) mass is 666 g/mol. The summed E-state index contributed by atoms with van der Waals surface area (Å²) >= 11 is 0. The summed E-state index contributed by atoms with van der Waals surface area (Å²) in [6, 6.07) is 26.1. The highest BCUT2D eigenvalue weighted by Gasteiger charge is 2.22. The molecular weight excluding hydrogens is 628 g/mol. The zero-order chi connectivity index (χ0) is 34.3. The summed E-state index contributed by atoms with van der Waals surface area (Å²) in [5, 5.41) is 13.3. The van der Waals surface area contributed by atoms with Gasteiger partial charge in [0.05, 0.1) is 35.5 Å². The number of benzene rings is 3. The van der Waals surface area contributed by atoms with Gasteiger partial charge < -0.3 is 20.5 Å². The molecule has 0 atom stereocenters. The van der Waals surface area contributed by atoms with Crippen LogP contribution in [0, 0.1) is 6.92 Å². The third-order valence-corrected chi connectivity index (χ3v) is 9.16. The number of carboxylic acids is 1. The van der Waals surface area contributed by atoms with E-state index < -0.39 is 16.0 Å². The van der Waals surface area contributed by atoms with Crippen molar-refractivity contribution >= 4 is 32.7 Å². The van der Waals surface area contributed by atoms with Crippen LogP contribution >= 0.6 is 0 Å². The van der Waals surface area contributed by atoms with E-state index in [-0.39, 0.29) is 10.5 Å². The Labute approximate surface area is 279 Å². The fraction of sp³-hybridized carbons (Fsp3) is 0.194. The normalized spacial score (nSPS) is 11.3. The molecule has 0 fully saturated rings. The Morgan fingerprint density at radius 1 is 0.938 bits per heavy atom. The summed E-state index contributed by atoms with van der Waals surface area (Å²) in [7, 11) is 0.274. The highest BCUT2D eigenvalue weighted by Crippen LogP contribution is 2.31. The van der Waals surface area contributed by atoms with Gasteiger partial charge in [-0.05, 0) is 68.9 Å². The molecule has 12 heteroatoms. The molecule has 3 aromatic carbocycles. The minimum atomic E-state index is -3.81. The fourth-order valence-corrected chi connectivity index (χ4v) is 6.25. The lowest BCUT2D eigenvalue weighted by atomic mass is 10.1. The Bertz CT molecular complexity index is 2090. The van der Waals surface area contributed by atoms with Crippen LogP contribution in [-0.2, 0) is 16.6 Å². The van der Waals surface area contributed by atoms with E-state index >= 15 is 0 Å². The number of nitrogens with two attached hydrogens (primary N) is 1. The number of pyridine rings is 1. The van der Waals surface area contributed by atoms with Gasteiger partial charge in [0.15, 0.2) is 5.65 Å². The van der Waals surface area contributed by atoms with Gasteiger partial charge >= 0.3 is 5.97 Å². The number of aromatic carboxylic acids is 1. The van der Waals surface area contributed by atoms with Crippen LogP contribution in [0.2, 0.25) is 0 Å². The van der Waals surface area contributed by atoms with E-state index in [0.29, 0.717) is 29.9 Å². The van der Waals surface area contributed by atoms with Crippen LogP contribution in [0.5, 0.6) is 5.75 Å². The van der Waals surface area contributed by atoms with Crippen LogP contribution in [0.15, 0.2) is 115 Å². The topological polar surface area (TPSA) is 146 Å². The van der Waals surface area contributed by atoms with Gasteiger partial charge in [0.2, 0.25) is 0 Å². The summed E-state index contributed by atoms with van der Waals surface area (Å²) < 4.78 is 34.9. The molecule has 0 saturated carbocycles. The molecule has 3 aromatic heterocycles. The summed E-state index contributed by atoms with van der Waals surface area (Å²) in [5.41, 5.74) is 10.9. The van der Waals surface area contributed by atoms with E-state index in [1.165, 1.54) is 18.6 Å². The molecule has 0 amide bonds. The number of hydrogen-bond donors (Lipinski definition) is 2. The summed E-state index contributed by atoms with van der Waals surface area (Å²) in [6.07, 6.45) is 6.91. The van der Waals surface area contributed by atoms with E-state index in [1.807, 2.05) is 81.7 Å². The molecule has 0 radical (unpaired) electrons. The molecule has 0 aliphatic heterocycles. The second-order valence-electron chi connectivity index (χ2n) is 11.5.